The molecule has 4 rings (SSSR count). The molecular weight excluding hydrogens is 515 g/mol. The average Bonchev–Trinajstić information content (AvgIpc) is 3.28. The number of aromatic nitrogens is 2. The van der Waals surface area contributed by atoms with E-state index in [4.69, 9.17) is 39.3 Å². The predicted molar refractivity (Wildman–Crippen MR) is 138 cm³/mol. The number of hydrogen-bond donors (Lipinski definition) is 1. The third kappa shape index (κ3) is 6.89. The lowest BCUT2D eigenvalue weighted by atomic mass is 9.96. The van der Waals surface area contributed by atoms with Gasteiger partial charge in [-0.05, 0) is 55.8 Å². The van der Waals surface area contributed by atoms with Gasteiger partial charge in [0.25, 0.3) is 0 Å². The lowest BCUT2D eigenvalue weighted by Gasteiger charge is -2.30. The summed E-state index contributed by atoms with van der Waals surface area (Å²) in [5.74, 6) is 2.84. The Hall–Kier alpha value is -1.77. The largest absolute Gasteiger partial charge is 0.355 e. The minimum atomic E-state index is 0.0379. The molecule has 3 aromatic rings. The molecule has 1 aliphatic rings. The molecule has 1 N–H and O–H groups in total. The van der Waals surface area contributed by atoms with Crippen LogP contribution in [0.5, 0.6) is 0 Å². The molecule has 180 valence electrons. The van der Waals surface area contributed by atoms with Gasteiger partial charge in [0.2, 0.25) is 17.6 Å². The van der Waals surface area contributed by atoms with Gasteiger partial charge in [-0.3, -0.25) is 9.69 Å². The number of likely N-dealkylation sites (tertiary alicyclic amines) is 1. The number of amides is 1. The highest BCUT2D eigenvalue weighted by molar-refractivity contribution is 7.98. The van der Waals surface area contributed by atoms with Crippen molar-refractivity contribution in [2.45, 2.75) is 25.1 Å². The van der Waals surface area contributed by atoms with Crippen LogP contribution in [0.4, 0.5) is 0 Å². The second-order valence-electron chi connectivity index (χ2n) is 8.12. The van der Waals surface area contributed by atoms with E-state index in [9.17, 15) is 4.79 Å². The van der Waals surface area contributed by atoms with E-state index in [1.807, 2.05) is 24.3 Å². The maximum Gasteiger partial charge on any atom is 0.241 e. The Morgan fingerprint density at radius 2 is 1.91 bits per heavy atom. The van der Waals surface area contributed by atoms with E-state index in [0.717, 1.165) is 48.0 Å². The van der Waals surface area contributed by atoms with Crippen LogP contribution < -0.4 is 5.32 Å². The fraction of sp³-hybridized carbons (Fsp3) is 0.375. The zero-order valence-corrected chi connectivity index (χ0v) is 21.6. The summed E-state index contributed by atoms with van der Waals surface area (Å²) in [7, 11) is 0. The lowest BCUT2D eigenvalue weighted by molar-refractivity contribution is -0.126. The van der Waals surface area contributed by atoms with Gasteiger partial charge in [-0.1, -0.05) is 58.2 Å². The topological polar surface area (TPSA) is 71.3 Å². The molecule has 1 aromatic heterocycles. The minimum Gasteiger partial charge on any atom is -0.355 e. The molecular formula is C24H25Cl3N4O2S. The smallest absolute Gasteiger partial charge is 0.241 e. The molecule has 1 amide bonds. The van der Waals surface area contributed by atoms with E-state index >= 15 is 0 Å². The molecule has 0 saturated carbocycles. The van der Waals surface area contributed by atoms with Gasteiger partial charge in [0, 0.05) is 39.6 Å². The van der Waals surface area contributed by atoms with E-state index in [0.29, 0.717) is 40.4 Å². The van der Waals surface area contributed by atoms with Crippen LogP contribution in [-0.2, 0) is 17.1 Å². The van der Waals surface area contributed by atoms with E-state index in [1.165, 1.54) is 0 Å². The highest BCUT2D eigenvalue weighted by Crippen LogP contribution is 2.29. The molecule has 2 aromatic carbocycles. The van der Waals surface area contributed by atoms with Crippen LogP contribution in [0.15, 0.2) is 47.0 Å². The highest BCUT2D eigenvalue weighted by Gasteiger charge is 2.26. The number of carbonyl (C=O) groups is 1. The van der Waals surface area contributed by atoms with Crippen molar-refractivity contribution < 1.29 is 9.32 Å². The van der Waals surface area contributed by atoms with Crippen molar-refractivity contribution >= 4 is 52.5 Å². The van der Waals surface area contributed by atoms with E-state index in [-0.39, 0.29) is 11.8 Å². The first-order valence-corrected chi connectivity index (χ1v) is 13.4. The van der Waals surface area contributed by atoms with Crippen molar-refractivity contribution in [1.82, 2.24) is 20.4 Å². The lowest BCUT2D eigenvalue weighted by Crippen LogP contribution is -2.40. The van der Waals surface area contributed by atoms with Gasteiger partial charge in [-0.15, -0.1) is 0 Å². The van der Waals surface area contributed by atoms with Crippen LogP contribution in [0.3, 0.4) is 0 Å². The van der Waals surface area contributed by atoms with Gasteiger partial charge in [-0.25, -0.2) is 0 Å². The molecule has 0 aliphatic carbocycles. The van der Waals surface area contributed by atoms with E-state index < -0.39 is 0 Å². The van der Waals surface area contributed by atoms with Gasteiger partial charge in [0.05, 0.1) is 11.6 Å². The zero-order valence-electron chi connectivity index (χ0n) is 18.5. The Kier molecular flexibility index (Phi) is 9.14. The van der Waals surface area contributed by atoms with Crippen LogP contribution in [-0.4, -0.2) is 46.3 Å². The number of rotatable bonds is 9. The first-order chi connectivity index (χ1) is 16.5. The maximum absolute atomic E-state index is 12.5. The quantitative estimate of drug-likeness (QED) is 0.338. The monoisotopic (exact) mass is 538 g/mol. The second kappa shape index (κ2) is 12.3. The Morgan fingerprint density at radius 1 is 1.12 bits per heavy atom. The van der Waals surface area contributed by atoms with Gasteiger partial charge >= 0.3 is 0 Å². The summed E-state index contributed by atoms with van der Waals surface area (Å²) >= 11 is 20.1. The Bertz CT molecular complexity index is 1120. The zero-order chi connectivity index (χ0) is 23.9. The van der Waals surface area contributed by atoms with Crippen LogP contribution in [0.25, 0.3) is 11.4 Å². The van der Waals surface area contributed by atoms with Gasteiger partial charge in [0.1, 0.15) is 0 Å². The van der Waals surface area contributed by atoms with Crippen molar-refractivity contribution in [1.29, 1.82) is 0 Å². The van der Waals surface area contributed by atoms with Gasteiger partial charge < -0.3 is 9.84 Å². The minimum absolute atomic E-state index is 0.0379. The fourth-order valence-electron chi connectivity index (χ4n) is 3.83. The number of halogens is 3. The molecule has 0 spiro atoms. The molecule has 6 nitrogen and oxygen atoms in total. The number of piperidine rings is 1. The van der Waals surface area contributed by atoms with E-state index in [2.05, 4.69) is 20.4 Å². The van der Waals surface area contributed by atoms with Crippen molar-refractivity contribution in [3.05, 3.63) is 69.0 Å². The summed E-state index contributed by atoms with van der Waals surface area (Å²) in [5, 5.41) is 8.94. The van der Waals surface area contributed by atoms with Crippen LogP contribution in [0.2, 0.25) is 15.1 Å². The number of carbonyl (C=O) groups excluding carboxylic acids is 1. The number of nitrogens with zero attached hydrogens (tertiary/aromatic N) is 3. The third-order valence-corrected chi connectivity index (χ3v) is 7.64. The molecule has 1 fully saturated rings. The number of thioether (sulfide) groups is 1. The second-order valence-corrected chi connectivity index (χ2v) is 10.5. The molecule has 0 bridgehead atoms. The van der Waals surface area contributed by atoms with Crippen molar-refractivity contribution in [2.24, 2.45) is 5.92 Å². The summed E-state index contributed by atoms with van der Waals surface area (Å²) in [5.41, 5.74) is 1.80. The number of benzene rings is 2. The molecule has 1 aliphatic heterocycles. The van der Waals surface area contributed by atoms with Crippen molar-refractivity contribution in [2.75, 3.05) is 25.4 Å². The summed E-state index contributed by atoms with van der Waals surface area (Å²) in [6.07, 6.45) is 1.62. The van der Waals surface area contributed by atoms with Gasteiger partial charge in [-0.2, -0.15) is 16.7 Å². The molecule has 10 heteroatoms. The molecule has 2 heterocycles. The molecule has 0 atom stereocenters. The predicted octanol–water partition coefficient (Wildman–Crippen LogP) is 5.96. The molecule has 0 radical (unpaired) electrons. The first-order valence-electron chi connectivity index (χ1n) is 11.1. The highest BCUT2D eigenvalue weighted by atomic mass is 35.5. The van der Waals surface area contributed by atoms with Crippen molar-refractivity contribution in [3.63, 3.8) is 0 Å². The van der Waals surface area contributed by atoms with E-state index in [1.54, 1.807) is 30.0 Å². The maximum atomic E-state index is 12.5. The average molecular weight is 540 g/mol. The summed E-state index contributed by atoms with van der Waals surface area (Å²) in [4.78, 5) is 19.2. The third-order valence-electron chi connectivity index (χ3n) is 5.72. The van der Waals surface area contributed by atoms with Crippen LogP contribution in [0, 0.1) is 5.92 Å². The Labute approximate surface area is 218 Å². The normalized spacial score (nSPS) is 14.9. The van der Waals surface area contributed by atoms with Crippen LogP contribution in [0.1, 0.15) is 24.3 Å². The first kappa shape index (κ1) is 25.3. The summed E-state index contributed by atoms with van der Waals surface area (Å²) in [6.45, 7) is 2.81. The number of hydrogen-bond acceptors (Lipinski definition) is 6. The van der Waals surface area contributed by atoms with Crippen molar-refractivity contribution in [3.8, 4) is 11.4 Å². The molecule has 1 saturated heterocycles. The standard InChI is InChI=1S/C24H25Cl3N4O2S/c25-18-5-6-19(21(27)13-18)23-29-22(33-30-23)14-31-10-7-16(8-11-31)24(32)28-9-12-34-15-17-3-1-2-4-20(17)26/h1-6,13,16H,7-12,14-15H2,(H,28,32). The molecule has 34 heavy (non-hydrogen) atoms. The Morgan fingerprint density at radius 3 is 2.68 bits per heavy atom. The number of nitrogens with one attached hydrogen (secondary N) is 1. The SMILES string of the molecule is O=C(NCCSCc1ccccc1Cl)C1CCN(Cc2nc(-c3ccc(Cl)cc3Cl)no2)CC1. The summed E-state index contributed by atoms with van der Waals surface area (Å²) < 4.78 is 5.41. The van der Waals surface area contributed by atoms with Gasteiger partial charge in [0.15, 0.2) is 0 Å². The fourth-order valence-corrected chi connectivity index (χ4v) is 5.47. The van der Waals surface area contributed by atoms with Crippen LogP contribution >= 0.6 is 46.6 Å². The summed E-state index contributed by atoms with van der Waals surface area (Å²) in [6, 6.07) is 13.0. The molecule has 0 unspecified atom stereocenters. The Balaban J connectivity index is 1.16.